The van der Waals surface area contributed by atoms with Crippen LogP contribution in [-0.4, -0.2) is 42.5 Å². The molecule has 5 nitrogen and oxygen atoms in total. The molecule has 0 fully saturated rings. The summed E-state index contributed by atoms with van der Waals surface area (Å²) in [7, 11) is 0. The van der Waals surface area contributed by atoms with Crippen LogP contribution in [0.4, 0.5) is 0 Å². The highest BCUT2D eigenvalue weighted by atomic mass is 35.5. The zero-order valence-electron chi connectivity index (χ0n) is 14.3. The van der Waals surface area contributed by atoms with E-state index in [9.17, 15) is 9.59 Å². The highest BCUT2D eigenvalue weighted by Crippen LogP contribution is 2.28. The van der Waals surface area contributed by atoms with Crippen molar-refractivity contribution in [2.24, 2.45) is 0 Å². The van der Waals surface area contributed by atoms with Crippen molar-refractivity contribution in [2.45, 2.75) is 39.7 Å². The lowest BCUT2D eigenvalue weighted by Gasteiger charge is -2.25. The van der Waals surface area contributed by atoms with Crippen molar-refractivity contribution in [3.8, 4) is 5.75 Å². The van der Waals surface area contributed by atoms with Gasteiger partial charge < -0.3 is 15.0 Å². The molecule has 0 saturated carbocycles. The number of benzene rings is 1. The molecule has 0 aliphatic rings. The molecule has 1 aromatic rings. The zero-order valence-corrected chi connectivity index (χ0v) is 15.8. The van der Waals surface area contributed by atoms with Crippen molar-refractivity contribution in [3.05, 3.63) is 28.2 Å². The third-order valence-electron chi connectivity index (χ3n) is 3.26. The molecule has 1 rings (SSSR count). The Kier molecular flexibility index (Phi) is 8.93. The van der Waals surface area contributed by atoms with Gasteiger partial charge >= 0.3 is 0 Å². The summed E-state index contributed by atoms with van der Waals surface area (Å²) < 4.78 is 5.64. The van der Waals surface area contributed by atoms with Gasteiger partial charge in [0.05, 0.1) is 11.6 Å². The Hall–Kier alpha value is -1.46. The second-order valence-corrected chi connectivity index (χ2v) is 6.29. The summed E-state index contributed by atoms with van der Waals surface area (Å²) in [6, 6.07) is 4.81. The monoisotopic (exact) mass is 374 g/mol. The summed E-state index contributed by atoms with van der Waals surface area (Å²) >= 11 is 11.9. The van der Waals surface area contributed by atoms with Crippen LogP contribution in [0.15, 0.2) is 18.2 Å². The van der Waals surface area contributed by atoms with Crippen molar-refractivity contribution in [1.29, 1.82) is 0 Å². The molecule has 0 aliphatic carbocycles. The third kappa shape index (κ3) is 6.57. The molecule has 0 bridgehead atoms. The van der Waals surface area contributed by atoms with E-state index in [1.165, 1.54) is 4.90 Å². The van der Waals surface area contributed by atoms with Crippen molar-refractivity contribution in [3.63, 3.8) is 0 Å². The van der Waals surface area contributed by atoms with E-state index in [1.807, 2.05) is 13.8 Å². The second-order valence-electron chi connectivity index (χ2n) is 5.44. The van der Waals surface area contributed by atoms with E-state index < -0.39 is 6.10 Å². The quantitative estimate of drug-likeness (QED) is 0.719. The van der Waals surface area contributed by atoms with E-state index in [4.69, 9.17) is 27.9 Å². The number of hydrogen-bond acceptors (Lipinski definition) is 3. The lowest BCUT2D eigenvalue weighted by molar-refractivity contribution is -0.141. The van der Waals surface area contributed by atoms with Gasteiger partial charge in [-0.2, -0.15) is 0 Å². The molecule has 24 heavy (non-hydrogen) atoms. The van der Waals surface area contributed by atoms with Gasteiger partial charge in [-0.15, -0.1) is 0 Å². The van der Waals surface area contributed by atoms with Gasteiger partial charge in [-0.1, -0.05) is 37.0 Å². The van der Waals surface area contributed by atoms with Gasteiger partial charge in [0.2, 0.25) is 5.91 Å². The van der Waals surface area contributed by atoms with Gasteiger partial charge in [-0.25, -0.2) is 0 Å². The van der Waals surface area contributed by atoms with Crippen LogP contribution in [-0.2, 0) is 9.59 Å². The summed E-state index contributed by atoms with van der Waals surface area (Å²) in [6.07, 6.45) is 0.845. The molecule has 0 aliphatic heterocycles. The minimum atomic E-state index is -0.755. The van der Waals surface area contributed by atoms with Crippen molar-refractivity contribution < 1.29 is 14.3 Å². The summed E-state index contributed by atoms with van der Waals surface area (Å²) in [4.78, 5) is 26.0. The number of amides is 2. The summed E-state index contributed by atoms with van der Waals surface area (Å²) in [5, 5.41) is 3.60. The largest absolute Gasteiger partial charge is 0.479 e. The number of nitrogens with one attached hydrogen (secondary N) is 1. The lowest BCUT2D eigenvalue weighted by Crippen LogP contribution is -2.46. The fourth-order valence-electron chi connectivity index (χ4n) is 2.10. The van der Waals surface area contributed by atoms with Gasteiger partial charge in [0.1, 0.15) is 5.75 Å². The average Bonchev–Trinajstić information content (AvgIpc) is 2.54. The fourth-order valence-corrected chi connectivity index (χ4v) is 2.55. The van der Waals surface area contributed by atoms with Gasteiger partial charge in [-0.05, 0) is 38.0 Å². The van der Waals surface area contributed by atoms with E-state index in [-0.39, 0.29) is 18.4 Å². The van der Waals surface area contributed by atoms with E-state index in [1.54, 1.807) is 25.1 Å². The number of rotatable bonds is 9. The Morgan fingerprint density at radius 1 is 1.25 bits per heavy atom. The summed E-state index contributed by atoms with van der Waals surface area (Å²) in [5.74, 6) is -0.0429. The first-order valence-corrected chi connectivity index (χ1v) is 8.81. The standard InChI is InChI=1S/C17H24Cl2N2O3/c1-4-8-20-16(22)11-21(9-5-2)17(23)12(3)24-15-7-6-13(18)10-14(15)19/h6-7,10,12H,4-5,8-9,11H2,1-3H3,(H,20,22). The van der Waals surface area contributed by atoms with Crippen LogP contribution in [0.5, 0.6) is 5.75 Å². The van der Waals surface area contributed by atoms with Gasteiger partial charge in [-0.3, -0.25) is 9.59 Å². The van der Waals surface area contributed by atoms with Crippen LogP contribution in [0.3, 0.4) is 0 Å². The maximum absolute atomic E-state index is 12.6. The highest BCUT2D eigenvalue weighted by molar-refractivity contribution is 6.35. The first-order chi connectivity index (χ1) is 11.4. The molecule has 1 aromatic carbocycles. The number of carbonyl (C=O) groups is 2. The molecular weight excluding hydrogens is 351 g/mol. The molecule has 0 spiro atoms. The number of halogens is 2. The molecule has 1 unspecified atom stereocenters. The van der Waals surface area contributed by atoms with Crippen molar-refractivity contribution in [1.82, 2.24) is 10.2 Å². The van der Waals surface area contributed by atoms with Crippen LogP contribution < -0.4 is 10.1 Å². The number of carbonyl (C=O) groups excluding carboxylic acids is 2. The Morgan fingerprint density at radius 2 is 1.96 bits per heavy atom. The third-order valence-corrected chi connectivity index (χ3v) is 3.79. The number of nitrogens with zero attached hydrogens (tertiary/aromatic N) is 1. The topological polar surface area (TPSA) is 58.6 Å². The van der Waals surface area contributed by atoms with E-state index in [0.29, 0.717) is 28.9 Å². The molecule has 0 aromatic heterocycles. The van der Waals surface area contributed by atoms with Gasteiger partial charge in [0.15, 0.2) is 6.10 Å². The first-order valence-electron chi connectivity index (χ1n) is 8.06. The van der Waals surface area contributed by atoms with E-state index >= 15 is 0 Å². The van der Waals surface area contributed by atoms with Crippen LogP contribution in [0.25, 0.3) is 0 Å². The normalized spacial score (nSPS) is 11.7. The van der Waals surface area contributed by atoms with Crippen molar-refractivity contribution in [2.75, 3.05) is 19.6 Å². The summed E-state index contributed by atoms with van der Waals surface area (Å²) in [6.45, 7) is 6.67. The van der Waals surface area contributed by atoms with Gasteiger partial charge in [0.25, 0.3) is 5.91 Å². The zero-order chi connectivity index (χ0) is 18.1. The molecule has 0 saturated heterocycles. The molecule has 0 radical (unpaired) electrons. The Balaban J connectivity index is 2.72. The predicted molar refractivity (Wildman–Crippen MR) is 96.7 cm³/mol. The molecule has 7 heteroatoms. The Bertz CT molecular complexity index is 567. The number of hydrogen-bond donors (Lipinski definition) is 1. The second kappa shape index (κ2) is 10.4. The summed E-state index contributed by atoms with van der Waals surface area (Å²) in [5.41, 5.74) is 0. The minimum absolute atomic E-state index is 0.0225. The molecule has 0 heterocycles. The lowest BCUT2D eigenvalue weighted by atomic mass is 10.3. The predicted octanol–water partition coefficient (Wildman–Crippen LogP) is 3.53. The Morgan fingerprint density at radius 3 is 2.54 bits per heavy atom. The van der Waals surface area contributed by atoms with Crippen LogP contribution in [0, 0.1) is 0 Å². The fraction of sp³-hybridized carbons (Fsp3) is 0.529. The molecule has 1 N–H and O–H groups in total. The van der Waals surface area contributed by atoms with Crippen LogP contribution >= 0.6 is 23.2 Å². The maximum atomic E-state index is 12.6. The maximum Gasteiger partial charge on any atom is 0.263 e. The molecule has 134 valence electrons. The minimum Gasteiger partial charge on any atom is -0.479 e. The van der Waals surface area contributed by atoms with Crippen LogP contribution in [0.2, 0.25) is 10.0 Å². The average molecular weight is 375 g/mol. The van der Waals surface area contributed by atoms with E-state index in [2.05, 4.69) is 5.32 Å². The number of ether oxygens (including phenoxy) is 1. The molecular formula is C17H24Cl2N2O3. The van der Waals surface area contributed by atoms with Gasteiger partial charge in [0, 0.05) is 18.1 Å². The highest BCUT2D eigenvalue weighted by Gasteiger charge is 2.24. The first kappa shape index (κ1) is 20.6. The SMILES string of the molecule is CCCNC(=O)CN(CCC)C(=O)C(C)Oc1ccc(Cl)cc1Cl. The van der Waals surface area contributed by atoms with Crippen molar-refractivity contribution >= 4 is 35.0 Å². The van der Waals surface area contributed by atoms with E-state index in [0.717, 1.165) is 12.8 Å². The molecule has 1 atom stereocenters. The van der Waals surface area contributed by atoms with Crippen LogP contribution in [0.1, 0.15) is 33.6 Å². The smallest absolute Gasteiger partial charge is 0.263 e. The molecule has 2 amide bonds. The Labute approximate surface area is 153 Å².